The molecule has 7 heteroatoms. The lowest BCUT2D eigenvalue weighted by Gasteiger charge is -2.06. The molecule has 3 aromatic carbocycles. The van der Waals surface area contributed by atoms with E-state index < -0.39 is 0 Å². The standard InChI is InChI=1S/C24H20BrN3O2S/c1-30-23-13-18(11-12-22(23)29)15-27-28-21(19-9-5-6-10-20(19)25)16-31-24(28)26-14-17-7-3-2-4-8-17/h2-13,15-16,29H,14H2,1H3. The average molecular weight is 494 g/mol. The highest BCUT2D eigenvalue weighted by molar-refractivity contribution is 9.10. The van der Waals surface area contributed by atoms with Crippen LogP contribution in [0.25, 0.3) is 11.3 Å². The maximum absolute atomic E-state index is 9.84. The lowest BCUT2D eigenvalue weighted by molar-refractivity contribution is 0.373. The second-order valence-electron chi connectivity index (χ2n) is 6.67. The second kappa shape index (κ2) is 9.76. The Morgan fingerprint density at radius 2 is 1.84 bits per heavy atom. The Kier molecular flexibility index (Phi) is 6.64. The second-order valence-corrected chi connectivity index (χ2v) is 8.36. The number of rotatable bonds is 6. The summed E-state index contributed by atoms with van der Waals surface area (Å²) in [5.41, 5.74) is 3.91. The largest absolute Gasteiger partial charge is 0.504 e. The van der Waals surface area contributed by atoms with E-state index in [1.165, 1.54) is 7.11 Å². The predicted octanol–water partition coefficient (Wildman–Crippen LogP) is 5.68. The average Bonchev–Trinajstić information content (AvgIpc) is 3.20. The molecule has 0 saturated carbocycles. The molecule has 1 heterocycles. The summed E-state index contributed by atoms with van der Waals surface area (Å²) >= 11 is 5.18. The minimum absolute atomic E-state index is 0.0929. The van der Waals surface area contributed by atoms with E-state index in [4.69, 9.17) is 14.8 Å². The Morgan fingerprint density at radius 1 is 1.06 bits per heavy atom. The summed E-state index contributed by atoms with van der Waals surface area (Å²) in [4.78, 5) is 5.59. The number of thiazole rings is 1. The van der Waals surface area contributed by atoms with Gasteiger partial charge in [0.15, 0.2) is 11.5 Å². The molecule has 4 aromatic rings. The first-order chi connectivity index (χ1) is 15.2. The van der Waals surface area contributed by atoms with Crippen LogP contribution in [0.5, 0.6) is 11.5 Å². The van der Waals surface area contributed by atoms with E-state index in [9.17, 15) is 5.11 Å². The lowest BCUT2D eigenvalue weighted by Crippen LogP contribution is -2.12. The Morgan fingerprint density at radius 3 is 2.61 bits per heavy atom. The van der Waals surface area contributed by atoms with Crippen molar-refractivity contribution < 1.29 is 9.84 Å². The van der Waals surface area contributed by atoms with Crippen LogP contribution >= 0.6 is 27.3 Å². The monoisotopic (exact) mass is 493 g/mol. The fourth-order valence-electron chi connectivity index (χ4n) is 3.02. The van der Waals surface area contributed by atoms with Crippen LogP contribution in [-0.2, 0) is 6.54 Å². The topological polar surface area (TPSA) is 59.1 Å². The van der Waals surface area contributed by atoms with Gasteiger partial charge in [-0.2, -0.15) is 5.10 Å². The number of phenols is 1. The zero-order valence-electron chi connectivity index (χ0n) is 16.8. The molecule has 0 aliphatic heterocycles. The summed E-state index contributed by atoms with van der Waals surface area (Å²) in [5.74, 6) is 0.495. The molecule has 0 spiro atoms. The van der Waals surface area contributed by atoms with Crippen LogP contribution in [0, 0.1) is 0 Å². The zero-order valence-corrected chi connectivity index (χ0v) is 19.2. The van der Waals surface area contributed by atoms with Crippen LogP contribution in [0.1, 0.15) is 11.1 Å². The quantitative estimate of drug-likeness (QED) is 0.351. The molecule has 1 aromatic heterocycles. The van der Waals surface area contributed by atoms with Gasteiger partial charge in [-0.1, -0.05) is 64.5 Å². The Balaban J connectivity index is 1.78. The summed E-state index contributed by atoms with van der Waals surface area (Å²) in [7, 11) is 1.52. The molecular weight excluding hydrogens is 474 g/mol. The summed E-state index contributed by atoms with van der Waals surface area (Å²) in [6, 6.07) is 23.3. The normalized spacial score (nSPS) is 11.9. The summed E-state index contributed by atoms with van der Waals surface area (Å²) in [5, 5.41) is 16.6. The molecule has 156 valence electrons. The molecule has 0 unspecified atom stereocenters. The number of ether oxygens (including phenoxy) is 1. The molecule has 31 heavy (non-hydrogen) atoms. The van der Waals surface area contributed by atoms with E-state index in [2.05, 4.69) is 33.4 Å². The molecule has 0 aliphatic carbocycles. The van der Waals surface area contributed by atoms with Crippen LogP contribution in [0.15, 0.2) is 92.7 Å². The van der Waals surface area contributed by atoms with Crippen molar-refractivity contribution in [3.63, 3.8) is 0 Å². The summed E-state index contributed by atoms with van der Waals surface area (Å²) in [6.45, 7) is 0.569. The minimum Gasteiger partial charge on any atom is -0.504 e. The van der Waals surface area contributed by atoms with Crippen molar-refractivity contribution in [3.8, 4) is 22.8 Å². The van der Waals surface area contributed by atoms with Crippen LogP contribution in [0.3, 0.4) is 0 Å². The van der Waals surface area contributed by atoms with E-state index in [0.717, 1.165) is 31.7 Å². The van der Waals surface area contributed by atoms with Crippen molar-refractivity contribution in [2.24, 2.45) is 10.1 Å². The zero-order chi connectivity index (χ0) is 21.6. The van der Waals surface area contributed by atoms with Gasteiger partial charge in [-0.25, -0.2) is 4.68 Å². The molecule has 0 radical (unpaired) electrons. The van der Waals surface area contributed by atoms with Gasteiger partial charge in [-0.3, -0.25) is 4.99 Å². The van der Waals surface area contributed by atoms with E-state index in [1.807, 2.05) is 47.1 Å². The Hall–Kier alpha value is -3.16. The molecule has 0 amide bonds. The van der Waals surface area contributed by atoms with Gasteiger partial charge in [0, 0.05) is 15.4 Å². The molecule has 5 nitrogen and oxygen atoms in total. The Labute approximate surface area is 192 Å². The van der Waals surface area contributed by atoms with Gasteiger partial charge in [0.05, 0.1) is 25.6 Å². The SMILES string of the molecule is COc1cc(C=Nn2c(-c3ccccc3Br)csc2=NCc2ccccc2)ccc1O. The first kappa shape index (κ1) is 21.1. The number of hydrogen-bond donors (Lipinski definition) is 1. The molecule has 0 aliphatic rings. The third kappa shape index (κ3) is 4.95. The van der Waals surface area contributed by atoms with Crippen LogP contribution in [0.2, 0.25) is 0 Å². The number of hydrogen-bond acceptors (Lipinski definition) is 5. The molecule has 4 rings (SSSR count). The summed E-state index contributed by atoms with van der Waals surface area (Å²) in [6.07, 6.45) is 1.73. The van der Waals surface area contributed by atoms with Crippen molar-refractivity contribution in [2.45, 2.75) is 6.54 Å². The highest BCUT2D eigenvalue weighted by Crippen LogP contribution is 2.29. The number of aromatic hydroxyl groups is 1. The van der Waals surface area contributed by atoms with Crippen molar-refractivity contribution in [3.05, 3.63) is 98.6 Å². The van der Waals surface area contributed by atoms with E-state index in [-0.39, 0.29) is 5.75 Å². The number of aromatic nitrogens is 1. The third-order valence-corrected chi connectivity index (χ3v) is 6.15. The number of halogens is 1. The van der Waals surface area contributed by atoms with Gasteiger partial charge in [-0.15, -0.1) is 11.3 Å². The minimum atomic E-state index is 0.0929. The molecule has 0 fully saturated rings. The molecule has 0 bridgehead atoms. The number of nitrogens with zero attached hydrogens (tertiary/aromatic N) is 3. The first-order valence-corrected chi connectivity index (χ1v) is 11.2. The van der Waals surface area contributed by atoms with Gasteiger partial charge >= 0.3 is 0 Å². The van der Waals surface area contributed by atoms with Gasteiger partial charge in [0.2, 0.25) is 4.80 Å². The van der Waals surface area contributed by atoms with Crippen molar-refractivity contribution >= 4 is 33.5 Å². The smallest absolute Gasteiger partial charge is 0.206 e. The Bertz CT molecular complexity index is 1280. The molecular formula is C24H20BrN3O2S. The lowest BCUT2D eigenvalue weighted by atomic mass is 10.2. The highest BCUT2D eigenvalue weighted by Gasteiger charge is 2.10. The van der Waals surface area contributed by atoms with E-state index >= 15 is 0 Å². The van der Waals surface area contributed by atoms with E-state index in [1.54, 1.807) is 35.8 Å². The van der Waals surface area contributed by atoms with E-state index in [0.29, 0.717) is 12.3 Å². The van der Waals surface area contributed by atoms with Gasteiger partial charge in [0.25, 0.3) is 0 Å². The van der Waals surface area contributed by atoms with Gasteiger partial charge in [-0.05, 0) is 35.4 Å². The number of phenolic OH excluding ortho intramolecular Hbond substituents is 1. The molecule has 0 atom stereocenters. The maximum Gasteiger partial charge on any atom is 0.206 e. The first-order valence-electron chi connectivity index (χ1n) is 9.57. The van der Waals surface area contributed by atoms with Crippen LogP contribution in [-0.4, -0.2) is 23.1 Å². The molecule has 1 N–H and O–H groups in total. The van der Waals surface area contributed by atoms with Crippen molar-refractivity contribution in [2.75, 3.05) is 7.11 Å². The highest BCUT2D eigenvalue weighted by atomic mass is 79.9. The van der Waals surface area contributed by atoms with Crippen LogP contribution in [0.4, 0.5) is 0 Å². The van der Waals surface area contributed by atoms with Gasteiger partial charge < -0.3 is 9.84 Å². The fourth-order valence-corrected chi connectivity index (χ4v) is 4.33. The number of benzene rings is 3. The number of methoxy groups -OCH3 is 1. The van der Waals surface area contributed by atoms with Crippen molar-refractivity contribution in [1.29, 1.82) is 0 Å². The van der Waals surface area contributed by atoms with Crippen molar-refractivity contribution in [1.82, 2.24) is 4.68 Å². The fraction of sp³-hybridized carbons (Fsp3) is 0.0833. The van der Waals surface area contributed by atoms with Crippen LogP contribution < -0.4 is 9.54 Å². The summed E-state index contributed by atoms with van der Waals surface area (Å²) < 4.78 is 8.03. The maximum atomic E-state index is 9.84. The molecule has 0 saturated heterocycles. The van der Waals surface area contributed by atoms with Gasteiger partial charge in [0.1, 0.15) is 0 Å². The third-order valence-electron chi connectivity index (χ3n) is 4.60. The predicted molar refractivity (Wildman–Crippen MR) is 129 cm³/mol.